The molecule has 0 fully saturated rings. The number of amides is 1. The Morgan fingerprint density at radius 2 is 2.00 bits per heavy atom. The Kier molecular flexibility index (Phi) is 4.36. The van der Waals surface area contributed by atoms with E-state index in [0.29, 0.717) is 22.8 Å². The average Bonchev–Trinajstić information content (AvgIpc) is 2.71. The van der Waals surface area contributed by atoms with Crippen LogP contribution in [0.25, 0.3) is 16.6 Å². The van der Waals surface area contributed by atoms with Crippen LogP contribution in [0.5, 0.6) is 0 Å². The minimum Gasteiger partial charge on any atom is -0.347 e. The number of fused-ring (bicyclic) bond motifs is 2. The van der Waals surface area contributed by atoms with Crippen molar-refractivity contribution in [1.29, 1.82) is 0 Å². The van der Waals surface area contributed by atoms with E-state index < -0.39 is 11.9 Å². The Balaban J connectivity index is 1.57. The molecule has 3 heterocycles. The Morgan fingerprint density at radius 1 is 1.14 bits per heavy atom. The molecule has 1 N–H and O–H groups in total. The maximum atomic E-state index is 13.6. The third-order valence-corrected chi connectivity index (χ3v) is 4.24. The van der Waals surface area contributed by atoms with Crippen molar-refractivity contribution in [2.75, 3.05) is 0 Å². The zero-order chi connectivity index (χ0) is 19.7. The van der Waals surface area contributed by atoms with E-state index in [9.17, 15) is 18.8 Å². The average molecular weight is 376 g/mol. The molecule has 4 aromatic rings. The largest absolute Gasteiger partial charge is 0.347 e. The molecular formula is C20H13FN4O3. The molecule has 0 spiro atoms. The monoisotopic (exact) mass is 376 g/mol. The van der Waals surface area contributed by atoms with Gasteiger partial charge in [0.15, 0.2) is 6.29 Å². The first-order valence-corrected chi connectivity index (χ1v) is 8.36. The molecule has 0 saturated carbocycles. The quantitative estimate of drug-likeness (QED) is 0.435. The van der Waals surface area contributed by atoms with Crippen LogP contribution in [0.1, 0.15) is 26.4 Å². The van der Waals surface area contributed by atoms with Crippen LogP contribution in [0.15, 0.2) is 59.5 Å². The van der Waals surface area contributed by atoms with Gasteiger partial charge in [0.05, 0.1) is 11.1 Å². The van der Waals surface area contributed by atoms with E-state index >= 15 is 0 Å². The van der Waals surface area contributed by atoms with Gasteiger partial charge in [-0.2, -0.15) is 4.39 Å². The fraction of sp³-hybridized carbons (Fsp3) is 0.0500. The van der Waals surface area contributed by atoms with Crippen LogP contribution in [0.4, 0.5) is 4.39 Å². The number of hydrogen-bond donors (Lipinski definition) is 1. The third kappa shape index (κ3) is 3.23. The molecule has 138 valence electrons. The molecule has 3 aromatic heterocycles. The van der Waals surface area contributed by atoms with Crippen LogP contribution in [0.2, 0.25) is 0 Å². The molecule has 0 aliphatic heterocycles. The van der Waals surface area contributed by atoms with Gasteiger partial charge in [0.1, 0.15) is 11.3 Å². The summed E-state index contributed by atoms with van der Waals surface area (Å²) in [5, 5.41) is 3.28. The molecule has 1 amide bonds. The number of aldehydes is 1. The van der Waals surface area contributed by atoms with Crippen molar-refractivity contribution in [2.24, 2.45) is 0 Å². The summed E-state index contributed by atoms with van der Waals surface area (Å²) < 4.78 is 14.9. The highest BCUT2D eigenvalue weighted by Crippen LogP contribution is 2.17. The van der Waals surface area contributed by atoms with Gasteiger partial charge in [0.25, 0.3) is 11.5 Å². The van der Waals surface area contributed by atoms with E-state index in [1.165, 1.54) is 16.5 Å². The molecule has 0 aliphatic rings. The lowest BCUT2D eigenvalue weighted by Gasteiger charge is -2.07. The smallest absolute Gasteiger partial charge is 0.270 e. The van der Waals surface area contributed by atoms with Gasteiger partial charge in [-0.3, -0.25) is 18.8 Å². The minimum atomic E-state index is -0.822. The number of pyridine rings is 2. The highest BCUT2D eigenvalue weighted by molar-refractivity contribution is 5.92. The van der Waals surface area contributed by atoms with E-state index in [4.69, 9.17) is 0 Å². The van der Waals surface area contributed by atoms with Crippen molar-refractivity contribution in [3.63, 3.8) is 0 Å². The van der Waals surface area contributed by atoms with Crippen molar-refractivity contribution in [1.82, 2.24) is 19.7 Å². The molecule has 7 nitrogen and oxygen atoms in total. The number of nitrogens with zero attached hydrogens (tertiary/aromatic N) is 3. The van der Waals surface area contributed by atoms with Crippen LogP contribution in [-0.2, 0) is 6.54 Å². The first-order chi connectivity index (χ1) is 13.5. The molecule has 0 saturated heterocycles. The zero-order valence-corrected chi connectivity index (χ0v) is 14.4. The van der Waals surface area contributed by atoms with E-state index in [1.807, 2.05) is 0 Å². The molecule has 4 rings (SSSR count). The van der Waals surface area contributed by atoms with Gasteiger partial charge >= 0.3 is 0 Å². The number of carbonyl (C=O) groups is 2. The number of carbonyl (C=O) groups excluding carboxylic acids is 2. The van der Waals surface area contributed by atoms with Crippen molar-refractivity contribution >= 4 is 28.7 Å². The van der Waals surface area contributed by atoms with Crippen LogP contribution < -0.4 is 10.9 Å². The zero-order valence-electron chi connectivity index (χ0n) is 14.4. The van der Waals surface area contributed by atoms with E-state index in [1.54, 1.807) is 42.6 Å². The van der Waals surface area contributed by atoms with Gasteiger partial charge < -0.3 is 5.32 Å². The van der Waals surface area contributed by atoms with E-state index in [-0.39, 0.29) is 23.4 Å². The lowest BCUT2D eigenvalue weighted by molar-refractivity contribution is 0.0945. The second-order valence-electron chi connectivity index (χ2n) is 6.10. The fourth-order valence-electron chi connectivity index (χ4n) is 2.85. The van der Waals surface area contributed by atoms with E-state index in [2.05, 4.69) is 15.3 Å². The maximum absolute atomic E-state index is 13.6. The van der Waals surface area contributed by atoms with Crippen molar-refractivity contribution in [3.05, 3.63) is 87.9 Å². The SMILES string of the molecule is O=Cc1cc2cc(CNC(=O)c3cc(=O)n4ccccc4n3)ccc2nc1F. The minimum absolute atomic E-state index is 0.0176. The summed E-state index contributed by atoms with van der Waals surface area (Å²) >= 11 is 0. The summed E-state index contributed by atoms with van der Waals surface area (Å²) in [5.41, 5.74) is 1.04. The maximum Gasteiger partial charge on any atom is 0.270 e. The summed E-state index contributed by atoms with van der Waals surface area (Å²) in [5.74, 6) is -1.31. The second-order valence-corrected chi connectivity index (χ2v) is 6.10. The molecule has 0 atom stereocenters. The van der Waals surface area contributed by atoms with Crippen LogP contribution in [-0.4, -0.2) is 26.6 Å². The molecule has 1 aromatic carbocycles. The number of nitrogens with one attached hydrogen (secondary N) is 1. The van der Waals surface area contributed by atoms with Gasteiger partial charge in [0.2, 0.25) is 5.95 Å². The number of halogens is 1. The summed E-state index contributed by atoms with van der Waals surface area (Å²) in [6, 6.07) is 12.6. The molecule has 0 bridgehead atoms. The normalized spacial score (nSPS) is 10.9. The van der Waals surface area contributed by atoms with Crippen LogP contribution >= 0.6 is 0 Å². The number of aromatic nitrogens is 3. The summed E-state index contributed by atoms with van der Waals surface area (Å²) in [7, 11) is 0. The molecule has 0 unspecified atom stereocenters. The second kappa shape index (κ2) is 6.99. The number of hydrogen-bond acceptors (Lipinski definition) is 5. The van der Waals surface area contributed by atoms with Gasteiger partial charge in [-0.1, -0.05) is 12.1 Å². The predicted molar refractivity (Wildman–Crippen MR) is 99.7 cm³/mol. The van der Waals surface area contributed by atoms with Crippen molar-refractivity contribution < 1.29 is 14.0 Å². The van der Waals surface area contributed by atoms with Gasteiger partial charge in [-0.15, -0.1) is 0 Å². The Hall–Kier alpha value is -3.94. The summed E-state index contributed by atoms with van der Waals surface area (Å²) in [6.45, 7) is 0.165. The lowest BCUT2D eigenvalue weighted by atomic mass is 10.1. The molecule has 0 aliphatic carbocycles. The van der Waals surface area contributed by atoms with Gasteiger partial charge in [-0.05, 0) is 35.9 Å². The van der Waals surface area contributed by atoms with Crippen LogP contribution in [0, 0.1) is 5.95 Å². The summed E-state index contributed by atoms with van der Waals surface area (Å²) in [4.78, 5) is 43.3. The number of benzene rings is 1. The first kappa shape index (κ1) is 17.5. The lowest BCUT2D eigenvalue weighted by Crippen LogP contribution is -2.26. The fourth-order valence-corrected chi connectivity index (χ4v) is 2.85. The van der Waals surface area contributed by atoms with Crippen molar-refractivity contribution in [2.45, 2.75) is 6.54 Å². The Morgan fingerprint density at radius 3 is 2.82 bits per heavy atom. The Bertz CT molecular complexity index is 1300. The third-order valence-electron chi connectivity index (χ3n) is 4.24. The van der Waals surface area contributed by atoms with Crippen molar-refractivity contribution in [3.8, 4) is 0 Å². The summed E-state index contributed by atoms with van der Waals surface area (Å²) in [6.07, 6.45) is 1.98. The highest BCUT2D eigenvalue weighted by Gasteiger charge is 2.11. The Labute approximate surface area is 157 Å². The molecule has 28 heavy (non-hydrogen) atoms. The van der Waals surface area contributed by atoms with Crippen LogP contribution in [0.3, 0.4) is 0 Å². The molecular weight excluding hydrogens is 363 g/mol. The van der Waals surface area contributed by atoms with E-state index in [0.717, 1.165) is 5.56 Å². The van der Waals surface area contributed by atoms with Gasteiger partial charge in [0, 0.05) is 24.2 Å². The number of rotatable bonds is 4. The molecule has 8 heteroatoms. The predicted octanol–water partition coefficient (Wildman–Crippen LogP) is 2.12. The molecule has 0 radical (unpaired) electrons. The highest BCUT2D eigenvalue weighted by atomic mass is 19.1. The topological polar surface area (TPSA) is 93.4 Å². The first-order valence-electron chi connectivity index (χ1n) is 8.36. The standard InChI is InChI=1S/C20H13FN4O3/c21-19-14(11-26)8-13-7-12(4-5-15(13)24-19)10-22-20(28)16-9-18(27)25-6-2-1-3-17(25)23-16/h1-9,11H,10H2,(H,22,28). The van der Waals surface area contributed by atoms with Gasteiger partial charge in [-0.25, -0.2) is 9.97 Å².